The van der Waals surface area contributed by atoms with Crippen LogP contribution in [0.2, 0.25) is 0 Å². The van der Waals surface area contributed by atoms with Gasteiger partial charge in [0.25, 0.3) is 0 Å². The summed E-state index contributed by atoms with van der Waals surface area (Å²) >= 11 is 0. The lowest BCUT2D eigenvalue weighted by atomic mass is 9.95. The van der Waals surface area contributed by atoms with Crippen LogP contribution in [0.15, 0.2) is 84.9 Å². The SMILES string of the molecule is CC(C)c1cccc(CS(=O)(=O)NC(c2ccccc2)C(N)c2ccccc2)c1. The van der Waals surface area contributed by atoms with Gasteiger partial charge in [-0.3, -0.25) is 0 Å². The van der Waals surface area contributed by atoms with Gasteiger partial charge in [0.05, 0.1) is 17.8 Å². The van der Waals surface area contributed by atoms with Crippen LogP contribution < -0.4 is 10.5 Å². The molecular weight excluding hydrogens is 380 g/mol. The smallest absolute Gasteiger partial charge is 0.216 e. The third kappa shape index (κ3) is 5.76. The van der Waals surface area contributed by atoms with E-state index in [1.807, 2.05) is 84.9 Å². The molecule has 0 spiro atoms. The molecule has 0 amide bonds. The maximum absolute atomic E-state index is 13.0. The van der Waals surface area contributed by atoms with Crippen molar-refractivity contribution < 1.29 is 8.42 Å². The minimum atomic E-state index is -3.61. The van der Waals surface area contributed by atoms with E-state index in [9.17, 15) is 8.42 Å². The zero-order chi connectivity index (χ0) is 20.9. The summed E-state index contributed by atoms with van der Waals surface area (Å²) in [5.74, 6) is 0.257. The molecule has 0 aliphatic carbocycles. The van der Waals surface area contributed by atoms with E-state index in [4.69, 9.17) is 5.73 Å². The first-order valence-corrected chi connectivity index (χ1v) is 11.5. The maximum Gasteiger partial charge on any atom is 0.216 e. The summed E-state index contributed by atoms with van der Waals surface area (Å²) in [4.78, 5) is 0. The van der Waals surface area contributed by atoms with Gasteiger partial charge in [0.1, 0.15) is 0 Å². The van der Waals surface area contributed by atoms with E-state index < -0.39 is 22.1 Å². The molecule has 0 saturated carbocycles. The minimum Gasteiger partial charge on any atom is -0.322 e. The molecule has 2 unspecified atom stereocenters. The molecule has 0 heterocycles. The molecule has 0 bridgehead atoms. The third-order valence-corrected chi connectivity index (χ3v) is 6.31. The van der Waals surface area contributed by atoms with E-state index in [1.165, 1.54) is 0 Å². The summed E-state index contributed by atoms with van der Waals surface area (Å²) in [6, 6.07) is 25.7. The molecule has 2 atom stereocenters. The molecule has 0 aliphatic rings. The van der Waals surface area contributed by atoms with E-state index in [1.54, 1.807) is 0 Å². The van der Waals surface area contributed by atoms with Gasteiger partial charge in [-0.2, -0.15) is 0 Å². The molecule has 0 radical (unpaired) electrons. The first kappa shape index (κ1) is 21.2. The summed E-state index contributed by atoms with van der Waals surface area (Å²) < 4.78 is 28.9. The number of benzene rings is 3. The Morgan fingerprint density at radius 1 is 0.793 bits per heavy atom. The second-order valence-electron chi connectivity index (χ2n) is 7.60. The molecule has 0 fully saturated rings. The molecule has 3 N–H and O–H groups in total. The third-order valence-electron chi connectivity index (χ3n) is 4.98. The van der Waals surface area contributed by atoms with Crippen LogP contribution in [0.4, 0.5) is 0 Å². The number of nitrogens with two attached hydrogens (primary N) is 1. The average molecular weight is 409 g/mol. The summed E-state index contributed by atoms with van der Waals surface area (Å²) in [7, 11) is -3.61. The van der Waals surface area contributed by atoms with Crippen LogP contribution in [0.1, 0.15) is 54.1 Å². The number of sulfonamides is 1. The van der Waals surface area contributed by atoms with Crippen molar-refractivity contribution in [2.45, 2.75) is 37.6 Å². The van der Waals surface area contributed by atoms with Crippen molar-refractivity contribution in [1.29, 1.82) is 0 Å². The molecule has 5 heteroatoms. The van der Waals surface area contributed by atoms with Crippen molar-refractivity contribution in [2.75, 3.05) is 0 Å². The van der Waals surface area contributed by atoms with E-state index in [2.05, 4.69) is 18.6 Å². The van der Waals surface area contributed by atoms with E-state index >= 15 is 0 Å². The second-order valence-corrected chi connectivity index (χ2v) is 9.36. The Bertz CT molecular complexity index is 1020. The zero-order valence-electron chi connectivity index (χ0n) is 16.8. The van der Waals surface area contributed by atoms with Gasteiger partial charge in [0, 0.05) is 0 Å². The molecule has 4 nitrogen and oxygen atoms in total. The lowest BCUT2D eigenvalue weighted by Crippen LogP contribution is -2.36. The number of hydrogen-bond acceptors (Lipinski definition) is 3. The fourth-order valence-corrected chi connectivity index (χ4v) is 4.74. The Kier molecular flexibility index (Phi) is 6.85. The van der Waals surface area contributed by atoms with Crippen LogP contribution in [0.5, 0.6) is 0 Å². The van der Waals surface area contributed by atoms with Gasteiger partial charge in [-0.15, -0.1) is 0 Å². The van der Waals surface area contributed by atoms with Crippen LogP contribution in [-0.4, -0.2) is 8.42 Å². The van der Waals surface area contributed by atoms with Gasteiger partial charge in [-0.05, 0) is 28.2 Å². The normalized spacial score (nSPS) is 13.9. The van der Waals surface area contributed by atoms with Gasteiger partial charge < -0.3 is 5.73 Å². The topological polar surface area (TPSA) is 72.2 Å². The van der Waals surface area contributed by atoms with Gasteiger partial charge in [0.15, 0.2) is 0 Å². The van der Waals surface area contributed by atoms with Crippen molar-refractivity contribution in [1.82, 2.24) is 4.72 Å². The highest BCUT2D eigenvalue weighted by Crippen LogP contribution is 2.28. The van der Waals surface area contributed by atoms with Crippen LogP contribution in [0, 0.1) is 0 Å². The Morgan fingerprint density at radius 2 is 1.34 bits per heavy atom. The standard InChI is InChI=1S/C24H28N2O2S/c1-18(2)22-15-9-10-19(16-22)17-29(27,28)26-24(21-13-7-4-8-14-21)23(25)20-11-5-3-6-12-20/h3-16,18,23-24,26H,17,25H2,1-2H3. The fraction of sp³-hybridized carbons (Fsp3) is 0.250. The highest BCUT2D eigenvalue weighted by Gasteiger charge is 2.26. The highest BCUT2D eigenvalue weighted by molar-refractivity contribution is 7.88. The lowest BCUT2D eigenvalue weighted by molar-refractivity contribution is 0.503. The lowest BCUT2D eigenvalue weighted by Gasteiger charge is -2.26. The summed E-state index contributed by atoms with van der Waals surface area (Å²) in [6.07, 6.45) is 0. The van der Waals surface area contributed by atoms with Crippen molar-refractivity contribution in [3.05, 3.63) is 107 Å². The van der Waals surface area contributed by atoms with Crippen LogP contribution >= 0.6 is 0 Å². The van der Waals surface area contributed by atoms with Gasteiger partial charge >= 0.3 is 0 Å². The fourth-order valence-electron chi connectivity index (χ4n) is 3.37. The number of rotatable bonds is 8. The molecule has 0 aliphatic heterocycles. The molecule has 3 rings (SSSR count). The average Bonchev–Trinajstić information content (AvgIpc) is 2.72. The highest BCUT2D eigenvalue weighted by atomic mass is 32.2. The van der Waals surface area contributed by atoms with Crippen molar-refractivity contribution in [3.63, 3.8) is 0 Å². The second kappa shape index (κ2) is 9.35. The largest absolute Gasteiger partial charge is 0.322 e. The first-order chi connectivity index (χ1) is 13.9. The summed E-state index contributed by atoms with van der Waals surface area (Å²) in [5.41, 5.74) is 10.1. The molecule has 0 aromatic heterocycles. The first-order valence-electron chi connectivity index (χ1n) is 9.80. The van der Waals surface area contributed by atoms with E-state index in [0.29, 0.717) is 5.92 Å². The minimum absolute atomic E-state index is 0.0849. The number of nitrogens with one attached hydrogen (secondary N) is 1. The van der Waals surface area contributed by atoms with E-state index in [-0.39, 0.29) is 5.75 Å². The number of hydrogen-bond donors (Lipinski definition) is 2. The van der Waals surface area contributed by atoms with Crippen LogP contribution in [0.25, 0.3) is 0 Å². The molecule has 152 valence electrons. The predicted octanol–water partition coefficient (Wildman–Crippen LogP) is 4.67. The monoisotopic (exact) mass is 408 g/mol. The summed E-state index contributed by atoms with van der Waals surface area (Å²) in [6.45, 7) is 4.19. The predicted molar refractivity (Wildman–Crippen MR) is 119 cm³/mol. The van der Waals surface area contributed by atoms with Crippen molar-refractivity contribution in [3.8, 4) is 0 Å². The van der Waals surface area contributed by atoms with E-state index in [0.717, 1.165) is 22.3 Å². The van der Waals surface area contributed by atoms with Crippen LogP contribution in [0.3, 0.4) is 0 Å². The molecule has 0 saturated heterocycles. The van der Waals surface area contributed by atoms with Gasteiger partial charge in [0.2, 0.25) is 10.0 Å². The molecule has 29 heavy (non-hydrogen) atoms. The van der Waals surface area contributed by atoms with Crippen molar-refractivity contribution in [2.24, 2.45) is 5.73 Å². The Balaban J connectivity index is 1.88. The Labute approximate surface area is 173 Å². The Morgan fingerprint density at radius 3 is 1.93 bits per heavy atom. The Hall–Kier alpha value is -2.47. The van der Waals surface area contributed by atoms with Crippen LogP contribution in [-0.2, 0) is 15.8 Å². The summed E-state index contributed by atoms with van der Waals surface area (Å²) in [5, 5.41) is 0. The zero-order valence-corrected chi connectivity index (χ0v) is 17.6. The molecular formula is C24H28N2O2S. The van der Waals surface area contributed by atoms with Crippen molar-refractivity contribution >= 4 is 10.0 Å². The molecule has 3 aromatic carbocycles. The maximum atomic E-state index is 13.0. The molecule has 3 aromatic rings. The van der Waals surface area contributed by atoms with Gasteiger partial charge in [-0.25, -0.2) is 13.1 Å². The quantitative estimate of drug-likeness (QED) is 0.569. The van der Waals surface area contributed by atoms with Gasteiger partial charge in [-0.1, -0.05) is 98.8 Å².